The minimum Gasteiger partial charge on any atom is -0.464 e. The van der Waals surface area contributed by atoms with Crippen LogP contribution in [0.5, 0.6) is 0 Å². The fourth-order valence-electron chi connectivity index (χ4n) is 1.95. The summed E-state index contributed by atoms with van der Waals surface area (Å²) < 4.78 is 44.0. The van der Waals surface area contributed by atoms with Crippen LogP contribution >= 0.6 is 0 Å². The molecule has 2 rings (SSSR count). The summed E-state index contributed by atoms with van der Waals surface area (Å²) >= 11 is 0. The summed E-state index contributed by atoms with van der Waals surface area (Å²) in [4.78, 5) is 15.5. The van der Waals surface area contributed by atoms with Gasteiger partial charge in [-0.25, -0.2) is 9.78 Å². The second-order valence-corrected chi connectivity index (χ2v) is 4.34. The minimum absolute atomic E-state index is 0.00791. The van der Waals surface area contributed by atoms with Crippen LogP contribution in [0.25, 0.3) is 11.3 Å². The number of halogens is 3. The van der Waals surface area contributed by atoms with Crippen LogP contribution in [0.15, 0.2) is 24.5 Å². The Balaban J connectivity index is 2.58. The molecule has 0 saturated heterocycles. The number of methoxy groups -OCH3 is 1. The largest absolute Gasteiger partial charge is 0.464 e. The van der Waals surface area contributed by atoms with Gasteiger partial charge in [0.1, 0.15) is 0 Å². The Bertz CT molecular complexity index is 692. The number of anilines is 1. The van der Waals surface area contributed by atoms with Crippen molar-refractivity contribution >= 4 is 11.7 Å². The molecule has 2 aromatic rings. The molecule has 1 aromatic heterocycles. The molecule has 0 amide bonds. The molecule has 0 aliphatic carbocycles. The van der Waals surface area contributed by atoms with Gasteiger partial charge in [-0.1, -0.05) is 6.07 Å². The van der Waals surface area contributed by atoms with Gasteiger partial charge in [0.25, 0.3) is 0 Å². The second kappa shape index (κ2) is 5.12. The first-order valence-corrected chi connectivity index (χ1v) is 5.82. The number of esters is 1. The van der Waals surface area contributed by atoms with Crippen molar-refractivity contribution in [2.75, 3.05) is 12.8 Å². The SMILES string of the molecule is COC(=O)c1ncn(C)c1-c1ccc(C(F)(F)F)cc1N. The third-order valence-corrected chi connectivity index (χ3v) is 2.95. The number of benzene rings is 1. The maximum atomic E-state index is 12.6. The lowest BCUT2D eigenvalue weighted by molar-refractivity contribution is -0.137. The van der Waals surface area contributed by atoms with Crippen LogP contribution in [0.3, 0.4) is 0 Å². The molecule has 0 aliphatic rings. The molecular weight excluding hydrogens is 287 g/mol. The number of hydrogen-bond acceptors (Lipinski definition) is 4. The van der Waals surface area contributed by atoms with Crippen molar-refractivity contribution in [3.05, 3.63) is 35.8 Å². The summed E-state index contributed by atoms with van der Waals surface area (Å²) in [6.07, 6.45) is -3.12. The van der Waals surface area contributed by atoms with E-state index >= 15 is 0 Å². The van der Waals surface area contributed by atoms with Gasteiger partial charge in [0.2, 0.25) is 0 Å². The smallest absolute Gasteiger partial charge is 0.416 e. The quantitative estimate of drug-likeness (QED) is 0.683. The Morgan fingerprint density at radius 1 is 1.38 bits per heavy atom. The molecule has 0 aliphatic heterocycles. The number of aryl methyl sites for hydroxylation is 1. The van der Waals surface area contributed by atoms with Crippen molar-refractivity contribution < 1.29 is 22.7 Å². The first-order chi connectivity index (χ1) is 9.75. The summed E-state index contributed by atoms with van der Waals surface area (Å²) in [6.45, 7) is 0. The number of nitrogens with two attached hydrogens (primary N) is 1. The normalized spacial score (nSPS) is 11.5. The standard InChI is InChI=1S/C13H12F3N3O2/c1-19-6-18-10(12(20)21-2)11(19)8-4-3-7(5-9(8)17)13(14,15)16/h3-6H,17H2,1-2H3. The van der Waals surface area contributed by atoms with E-state index < -0.39 is 17.7 Å². The number of imidazole rings is 1. The lowest BCUT2D eigenvalue weighted by Gasteiger charge is -2.12. The van der Waals surface area contributed by atoms with Crippen molar-refractivity contribution in [3.8, 4) is 11.3 Å². The number of carbonyl (C=O) groups is 1. The van der Waals surface area contributed by atoms with Crippen LogP contribution in [-0.2, 0) is 18.0 Å². The maximum absolute atomic E-state index is 12.6. The van der Waals surface area contributed by atoms with E-state index in [0.717, 1.165) is 12.1 Å². The Kier molecular flexibility index (Phi) is 3.63. The number of ether oxygens (including phenoxy) is 1. The molecule has 21 heavy (non-hydrogen) atoms. The van der Waals surface area contributed by atoms with Gasteiger partial charge in [0, 0.05) is 18.3 Å². The van der Waals surface area contributed by atoms with E-state index in [1.165, 1.54) is 24.1 Å². The molecule has 0 saturated carbocycles. The average Bonchev–Trinajstić information content (AvgIpc) is 2.78. The molecule has 0 radical (unpaired) electrons. The van der Waals surface area contributed by atoms with Gasteiger partial charge in [-0.3, -0.25) is 0 Å². The predicted molar refractivity (Wildman–Crippen MR) is 69.4 cm³/mol. The van der Waals surface area contributed by atoms with E-state index in [-0.39, 0.29) is 16.9 Å². The zero-order valence-corrected chi connectivity index (χ0v) is 11.2. The second-order valence-electron chi connectivity index (χ2n) is 4.34. The Morgan fingerprint density at radius 3 is 2.57 bits per heavy atom. The summed E-state index contributed by atoms with van der Waals surface area (Å²) in [5.41, 5.74) is 5.31. The van der Waals surface area contributed by atoms with Gasteiger partial charge in [-0.05, 0) is 12.1 Å². The monoisotopic (exact) mass is 299 g/mol. The molecule has 0 bridgehead atoms. The Labute approximate surface area is 118 Å². The molecule has 1 aromatic carbocycles. The lowest BCUT2D eigenvalue weighted by Crippen LogP contribution is -2.08. The van der Waals surface area contributed by atoms with Crippen LogP contribution in [0.1, 0.15) is 16.1 Å². The number of nitrogens with zero attached hydrogens (tertiary/aromatic N) is 2. The molecule has 0 fully saturated rings. The topological polar surface area (TPSA) is 70.1 Å². The fourth-order valence-corrected chi connectivity index (χ4v) is 1.95. The van der Waals surface area contributed by atoms with Gasteiger partial charge in [-0.2, -0.15) is 13.2 Å². The van der Waals surface area contributed by atoms with Crippen LogP contribution in [0, 0.1) is 0 Å². The number of nitrogen functional groups attached to an aromatic ring is 1. The zero-order chi connectivity index (χ0) is 15.8. The van der Waals surface area contributed by atoms with Crippen LogP contribution in [0.2, 0.25) is 0 Å². The summed E-state index contributed by atoms with van der Waals surface area (Å²) in [5, 5.41) is 0. The Hall–Kier alpha value is -2.51. The van der Waals surface area contributed by atoms with Crippen molar-refractivity contribution in [1.82, 2.24) is 9.55 Å². The van der Waals surface area contributed by atoms with Crippen molar-refractivity contribution in [2.24, 2.45) is 7.05 Å². The van der Waals surface area contributed by atoms with Crippen LogP contribution < -0.4 is 5.73 Å². The summed E-state index contributed by atoms with van der Waals surface area (Å²) in [6, 6.07) is 2.94. The van der Waals surface area contributed by atoms with E-state index in [0.29, 0.717) is 5.69 Å². The highest BCUT2D eigenvalue weighted by Gasteiger charge is 2.31. The maximum Gasteiger partial charge on any atom is 0.416 e. The van der Waals surface area contributed by atoms with E-state index in [1.807, 2.05) is 0 Å². The molecule has 2 N–H and O–H groups in total. The average molecular weight is 299 g/mol. The van der Waals surface area contributed by atoms with Crippen molar-refractivity contribution in [1.29, 1.82) is 0 Å². The minimum atomic E-state index is -4.48. The molecular formula is C13H12F3N3O2. The molecule has 5 nitrogen and oxygen atoms in total. The van der Waals surface area contributed by atoms with Gasteiger partial charge in [0.15, 0.2) is 5.69 Å². The lowest BCUT2D eigenvalue weighted by atomic mass is 10.0. The highest BCUT2D eigenvalue weighted by Crippen LogP contribution is 2.35. The van der Waals surface area contributed by atoms with Crippen molar-refractivity contribution in [3.63, 3.8) is 0 Å². The summed E-state index contributed by atoms with van der Waals surface area (Å²) in [5.74, 6) is -0.690. The van der Waals surface area contributed by atoms with E-state index in [9.17, 15) is 18.0 Å². The van der Waals surface area contributed by atoms with Crippen molar-refractivity contribution in [2.45, 2.75) is 6.18 Å². The number of aromatic nitrogens is 2. The van der Waals surface area contributed by atoms with Gasteiger partial charge in [0.05, 0.1) is 24.7 Å². The number of rotatable bonds is 2. The van der Waals surface area contributed by atoms with E-state index in [4.69, 9.17) is 5.73 Å². The zero-order valence-electron chi connectivity index (χ0n) is 11.2. The molecule has 8 heteroatoms. The first-order valence-electron chi connectivity index (χ1n) is 5.82. The van der Waals surface area contributed by atoms with Gasteiger partial charge in [-0.15, -0.1) is 0 Å². The highest BCUT2D eigenvalue weighted by molar-refractivity contribution is 5.96. The molecule has 0 spiro atoms. The first kappa shape index (κ1) is 14.9. The summed E-state index contributed by atoms with van der Waals surface area (Å²) in [7, 11) is 2.79. The third-order valence-electron chi connectivity index (χ3n) is 2.95. The molecule has 0 atom stereocenters. The molecule has 1 heterocycles. The predicted octanol–water partition coefficient (Wildman–Crippen LogP) is 2.47. The van der Waals surface area contributed by atoms with E-state index in [1.54, 1.807) is 7.05 Å². The van der Waals surface area contributed by atoms with E-state index in [2.05, 4.69) is 9.72 Å². The van der Waals surface area contributed by atoms with Crippen LogP contribution in [0.4, 0.5) is 18.9 Å². The number of hydrogen-bond donors (Lipinski definition) is 1. The highest BCUT2D eigenvalue weighted by atomic mass is 19.4. The van der Waals surface area contributed by atoms with Crippen LogP contribution in [-0.4, -0.2) is 22.6 Å². The fraction of sp³-hybridized carbons (Fsp3) is 0.231. The van der Waals surface area contributed by atoms with Gasteiger partial charge >= 0.3 is 12.1 Å². The molecule has 0 unspecified atom stereocenters. The third kappa shape index (κ3) is 2.69. The Morgan fingerprint density at radius 2 is 2.05 bits per heavy atom. The number of alkyl halides is 3. The van der Waals surface area contributed by atoms with Gasteiger partial charge < -0.3 is 15.0 Å². The molecule has 112 valence electrons. The number of carbonyl (C=O) groups excluding carboxylic acids is 1.